The second kappa shape index (κ2) is 11.4. The first-order chi connectivity index (χ1) is 18.7. The normalized spacial score (nSPS) is 37.3. The third kappa shape index (κ3) is 6.17. The molecule has 1 aromatic carbocycles. The molecule has 5 unspecified atom stereocenters. The van der Waals surface area contributed by atoms with E-state index in [2.05, 4.69) is 57.6 Å². The van der Waals surface area contributed by atoms with Crippen LogP contribution in [0, 0.1) is 25.2 Å². The summed E-state index contributed by atoms with van der Waals surface area (Å²) in [5.74, 6) is 0.503. The summed E-state index contributed by atoms with van der Waals surface area (Å²) >= 11 is 1.82. The van der Waals surface area contributed by atoms with Gasteiger partial charge in [0.25, 0.3) is 0 Å². The maximum atomic E-state index is 13.8. The minimum atomic E-state index is -4.10. The lowest BCUT2D eigenvalue weighted by atomic mass is 9.87. The minimum absolute atomic E-state index is 0.0614. The van der Waals surface area contributed by atoms with E-state index in [-0.39, 0.29) is 50.0 Å². The van der Waals surface area contributed by atoms with E-state index < -0.39 is 11.6 Å². The molecular formula is C29H44F3N5OS. The zero-order chi connectivity index (χ0) is 27.2. The molecule has 3 saturated heterocycles. The summed E-state index contributed by atoms with van der Waals surface area (Å²) in [4.78, 5) is 2.38. The van der Waals surface area contributed by atoms with Gasteiger partial charge in [-0.1, -0.05) is 36.6 Å². The predicted molar refractivity (Wildman–Crippen MR) is 149 cm³/mol. The maximum absolute atomic E-state index is 13.8. The molecule has 39 heavy (non-hydrogen) atoms. The van der Waals surface area contributed by atoms with Crippen LogP contribution < -0.4 is 20.7 Å². The molecule has 6 nitrogen and oxygen atoms in total. The van der Waals surface area contributed by atoms with Crippen molar-refractivity contribution in [2.75, 3.05) is 26.2 Å². The number of alkyl halides is 3. The van der Waals surface area contributed by atoms with Crippen LogP contribution in [0.4, 0.5) is 13.2 Å². The second-order valence-electron chi connectivity index (χ2n) is 12.7. The third-order valence-corrected chi connectivity index (χ3v) is 11.0. The van der Waals surface area contributed by atoms with Crippen molar-refractivity contribution < 1.29 is 17.9 Å². The molecule has 5 aliphatic rings. The first kappa shape index (κ1) is 28.2. The summed E-state index contributed by atoms with van der Waals surface area (Å²) in [6, 6.07) is 6.69. The quantitative estimate of drug-likeness (QED) is 0.392. The monoisotopic (exact) mass is 567 g/mol. The molecule has 5 fully saturated rings. The molecule has 2 aliphatic carbocycles. The minimum Gasteiger partial charge on any atom is -0.357 e. The van der Waals surface area contributed by atoms with E-state index in [9.17, 15) is 13.2 Å². The van der Waals surface area contributed by atoms with Crippen LogP contribution >= 0.6 is 11.9 Å². The number of ether oxygens (including phenoxy) is 1. The van der Waals surface area contributed by atoms with Crippen LogP contribution in [0.1, 0.15) is 74.1 Å². The number of fused-ring (bicyclic) bond motifs is 5. The third-order valence-electron chi connectivity index (χ3n) is 9.91. The lowest BCUT2D eigenvalue weighted by Gasteiger charge is -2.41. The molecule has 0 amide bonds. The Balaban J connectivity index is 1.25. The highest BCUT2D eigenvalue weighted by molar-refractivity contribution is 7.98. The van der Waals surface area contributed by atoms with E-state index in [1.54, 1.807) is 0 Å². The molecule has 3 aliphatic heterocycles. The van der Waals surface area contributed by atoms with Crippen LogP contribution in [-0.2, 0) is 4.74 Å². The SMILES string of the molecule is Cc1cccc(C)c1C1CC2NC(NSC3CCCC(C3)CN(CCC3(C(F)(F)F)CC3)[C@@H]3CNC[C@H]3O2)N1. The molecule has 0 spiro atoms. The van der Waals surface area contributed by atoms with E-state index in [0.29, 0.717) is 17.7 Å². The smallest absolute Gasteiger partial charge is 0.357 e. The van der Waals surface area contributed by atoms with Gasteiger partial charge in [-0.2, -0.15) is 13.2 Å². The van der Waals surface area contributed by atoms with Gasteiger partial charge in [-0.15, -0.1) is 0 Å². The summed E-state index contributed by atoms with van der Waals surface area (Å²) in [5.41, 5.74) is 2.42. The average Bonchev–Trinajstić information content (AvgIpc) is 3.57. The standard InChI is InChI=1S/C29H44F3N5OS/c1-18-5-3-6-19(2)26(18)22-14-25-35-27(34-22)36-39-21-8-4-7-20(13-21)17-37(23-15-33-16-24(23)38-25)12-11-28(9-10-28)29(30,31)32/h3,5-6,20-25,27,33-36H,4,7-17H2,1-2H3/t20?,21?,22?,23-,24-,25?,27?/m1/s1. The van der Waals surface area contributed by atoms with E-state index in [0.717, 1.165) is 38.9 Å². The van der Waals surface area contributed by atoms with Crippen LogP contribution in [0.25, 0.3) is 0 Å². The highest BCUT2D eigenvalue weighted by Crippen LogP contribution is 2.60. The Morgan fingerprint density at radius 2 is 1.87 bits per heavy atom. The number of hydrogen-bond donors (Lipinski definition) is 4. The van der Waals surface area contributed by atoms with E-state index >= 15 is 0 Å². The van der Waals surface area contributed by atoms with Gasteiger partial charge in [0.05, 0.1) is 11.5 Å². The van der Waals surface area contributed by atoms with Crippen molar-refractivity contribution in [2.24, 2.45) is 11.3 Å². The molecule has 4 bridgehead atoms. The van der Waals surface area contributed by atoms with Gasteiger partial charge in [-0.25, -0.2) is 4.72 Å². The molecular weight excluding hydrogens is 523 g/mol. The Labute approximate surface area is 235 Å². The van der Waals surface area contributed by atoms with Crippen molar-refractivity contribution >= 4 is 11.9 Å². The van der Waals surface area contributed by atoms with Gasteiger partial charge in [0.15, 0.2) is 0 Å². The Morgan fingerprint density at radius 3 is 2.62 bits per heavy atom. The summed E-state index contributed by atoms with van der Waals surface area (Å²) in [5, 5.41) is 11.5. The molecule has 4 N–H and O–H groups in total. The Morgan fingerprint density at radius 1 is 1.08 bits per heavy atom. The van der Waals surface area contributed by atoms with Gasteiger partial charge in [-0.3, -0.25) is 15.5 Å². The lowest BCUT2D eigenvalue weighted by Crippen LogP contribution is -2.62. The molecule has 3 heterocycles. The molecule has 0 aromatic heterocycles. The van der Waals surface area contributed by atoms with Crippen molar-refractivity contribution in [3.8, 4) is 0 Å². The average molecular weight is 568 g/mol. The molecule has 1 aromatic rings. The first-order valence-electron chi connectivity index (χ1n) is 14.9. The maximum Gasteiger partial charge on any atom is 0.394 e. The number of halogens is 3. The fourth-order valence-electron chi connectivity index (χ4n) is 7.47. The number of nitrogens with zero attached hydrogens (tertiary/aromatic N) is 1. The van der Waals surface area contributed by atoms with E-state index in [4.69, 9.17) is 4.74 Å². The van der Waals surface area contributed by atoms with Crippen molar-refractivity contribution in [2.45, 2.75) is 107 Å². The number of hydrogen-bond acceptors (Lipinski definition) is 7. The zero-order valence-corrected chi connectivity index (χ0v) is 24.0. The first-order valence-corrected chi connectivity index (χ1v) is 15.7. The Hall–Kier alpha value is -0.880. The number of rotatable bonds is 4. The molecule has 218 valence electrons. The lowest BCUT2D eigenvalue weighted by molar-refractivity contribution is -0.190. The van der Waals surface area contributed by atoms with Gasteiger partial charge >= 0.3 is 6.18 Å². The number of nitrogens with one attached hydrogen (secondary N) is 4. The van der Waals surface area contributed by atoms with Gasteiger partial charge in [0.2, 0.25) is 0 Å². The van der Waals surface area contributed by atoms with Crippen molar-refractivity contribution in [3.63, 3.8) is 0 Å². The number of benzene rings is 1. The summed E-state index contributed by atoms with van der Waals surface area (Å²) in [7, 11) is 0. The molecule has 6 rings (SSSR count). The van der Waals surface area contributed by atoms with Gasteiger partial charge in [0.1, 0.15) is 12.5 Å². The largest absolute Gasteiger partial charge is 0.394 e. The fraction of sp³-hybridized carbons (Fsp3) is 0.793. The van der Waals surface area contributed by atoms with Crippen molar-refractivity contribution in [1.82, 2.24) is 25.6 Å². The summed E-state index contributed by atoms with van der Waals surface area (Å²) in [6.45, 7) is 7.19. The topological polar surface area (TPSA) is 60.6 Å². The summed E-state index contributed by atoms with van der Waals surface area (Å²) < 4.78 is 52.0. The van der Waals surface area contributed by atoms with Crippen LogP contribution in [0.2, 0.25) is 0 Å². The predicted octanol–water partition coefficient (Wildman–Crippen LogP) is 4.74. The van der Waals surface area contributed by atoms with E-state index in [1.807, 2.05) is 11.9 Å². The van der Waals surface area contributed by atoms with Crippen LogP contribution in [-0.4, -0.2) is 67.2 Å². The molecule has 10 heteroatoms. The van der Waals surface area contributed by atoms with Crippen molar-refractivity contribution in [3.05, 3.63) is 34.9 Å². The number of aryl methyl sites for hydroxylation is 2. The van der Waals surface area contributed by atoms with Gasteiger partial charge < -0.3 is 10.1 Å². The molecule has 0 radical (unpaired) electrons. The highest BCUT2D eigenvalue weighted by atomic mass is 32.2. The second-order valence-corrected chi connectivity index (χ2v) is 13.8. The Kier molecular flexibility index (Phi) is 8.27. The van der Waals surface area contributed by atoms with Crippen LogP contribution in [0.15, 0.2) is 18.2 Å². The summed E-state index contributed by atoms with van der Waals surface area (Å²) in [6.07, 6.45) is 1.74. The van der Waals surface area contributed by atoms with Gasteiger partial charge in [-0.05, 0) is 81.5 Å². The molecule has 2 saturated carbocycles. The Bertz CT molecular complexity index is 987. The van der Waals surface area contributed by atoms with E-state index in [1.165, 1.54) is 29.5 Å². The van der Waals surface area contributed by atoms with Crippen molar-refractivity contribution in [1.29, 1.82) is 0 Å². The van der Waals surface area contributed by atoms with Crippen LogP contribution in [0.5, 0.6) is 0 Å². The zero-order valence-electron chi connectivity index (χ0n) is 23.2. The van der Waals surface area contributed by atoms with Gasteiger partial charge in [0, 0.05) is 43.4 Å². The van der Waals surface area contributed by atoms with Crippen LogP contribution in [0.3, 0.4) is 0 Å². The molecule has 7 atom stereocenters. The highest BCUT2D eigenvalue weighted by Gasteiger charge is 2.62. The fourth-order valence-corrected chi connectivity index (χ4v) is 8.59.